The van der Waals surface area contributed by atoms with Gasteiger partial charge in [0.25, 0.3) is 0 Å². The zero-order valence-electron chi connectivity index (χ0n) is 9.42. The Bertz CT molecular complexity index is 463. The van der Waals surface area contributed by atoms with E-state index >= 15 is 0 Å². The van der Waals surface area contributed by atoms with Crippen LogP contribution in [0.1, 0.15) is 35.8 Å². The number of aromatic nitrogens is 3. The highest BCUT2D eigenvalue weighted by Gasteiger charge is 2.17. The van der Waals surface area contributed by atoms with Crippen LogP contribution in [0.15, 0.2) is 17.6 Å². The van der Waals surface area contributed by atoms with E-state index in [1.54, 1.807) is 6.20 Å². The van der Waals surface area contributed by atoms with Crippen LogP contribution in [0.5, 0.6) is 0 Å². The van der Waals surface area contributed by atoms with E-state index in [0.29, 0.717) is 0 Å². The molecule has 0 amide bonds. The molecule has 0 spiro atoms. The van der Waals surface area contributed by atoms with E-state index in [4.69, 9.17) is 0 Å². The lowest BCUT2D eigenvalue weighted by Crippen LogP contribution is -2.09. The monoisotopic (exact) mass is 237 g/mol. The third-order valence-electron chi connectivity index (χ3n) is 2.34. The highest BCUT2D eigenvalue weighted by Crippen LogP contribution is 2.24. The molecule has 86 valence electrons. The van der Waals surface area contributed by atoms with Crippen LogP contribution in [0.3, 0.4) is 0 Å². The van der Waals surface area contributed by atoms with E-state index < -0.39 is 6.10 Å². The Morgan fingerprint density at radius 1 is 1.56 bits per heavy atom. The minimum Gasteiger partial charge on any atom is -0.380 e. The number of aryl methyl sites for hydroxylation is 2. The predicted molar refractivity (Wildman–Crippen MR) is 63.4 cm³/mol. The van der Waals surface area contributed by atoms with Crippen LogP contribution in [0.4, 0.5) is 0 Å². The Hall–Kier alpha value is -1.20. The Balaban J connectivity index is 2.26. The Morgan fingerprint density at radius 2 is 2.38 bits per heavy atom. The molecule has 0 aliphatic carbocycles. The van der Waals surface area contributed by atoms with Gasteiger partial charge in [0.2, 0.25) is 0 Å². The summed E-state index contributed by atoms with van der Waals surface area (Å²) in [5.74, 6) is 0. The Labute approximate surface area is 98.6 Å². The molecule has 0 saturated carbocycles. The quantitative estimate of drug-likeness (QED) is 0.886. The lowest BCUT2D eigenvalue weighted by Gasteiger charge is -2.10. The number of aliphatic hydroxyl groups is 1. The molecule has 1 unspecified atom stereocenters. The van der Waals surface area contributed by atoms with Gasteiger partial charge in [-0.15, -0.1) is 11.3 Å². The highest BCUT2D eigenvalue weighted by atomic mass is 32.1. The van der Waals surface area contributed by atoms with Crippen LogP contribution in [-0.4, -0.2) is 19.9 Å². The summed E-state index contributed by atoms with van der Waals surface area (Å²) in [6.07, 6.45) is 2.06. The molecule has 4 nitrogen and oxygen atoms in total. The summed E-state index contributed by atoms with van der Waals surface area (Å²) in [7, 11) is 0. The molecule has 2 rings (SSSR count). The van der Waals surface area contributed by atoms with Crippen LogP contribution >= 0.6 is 11.3 Å². The van der Waals surface area contributed by atoms with Gasteiger partial charge in [-0.1, -0.05) is 6.92 Å². The third kappa shape index (κ3) is 2.15. The number of hydrogen-bond donors (Lipinski definition) is 1. The SMILES string of the molecule is CCCn1nccc1C(O)c1nc(C)cs1. The third-order valence-corrected chi connectivity index (χ3v) is 3.35. The van der Waals surface area contributed by atoms with Crippen molar-refractivity contribution in [2.45, 2.75) is 32.9 Å². The number of aliphatic hydroxyl groups excluding tert-OH is 1. The van der Waals surface area contributed by atoms with Crippen molar-refractivity contribution in [3.63, 3.8) is 0 Å². The molecule has 2 heterocycles. The van der Waals surface area contributed by atoms with Gasteiger partial charge < -0.3 is 5.11 Å². The first-order valence-corrected chi connectivity index (χ1v) is 6.22. The van der Waals surface area contributed by atoms with Crippen molar-refractivity contribution < 1.29 is 5.11 Å². The van der Waals surface area contributed by atoms with E-state index in [1.807, 2.05) is 23.1 Å². The molecule has 2 aromatic heterocycles. The van der Waals surface area contributed by atoms with Crippen molar-refractivity contribution >= 4 is 11.3 Å². The summed E-state index contributed by atoms with van der Waals surface area (Å²) >= 11 is 1.48. The van der Waals surface area contributed by atoms with Gasteiger partial charge in [0.05, 0.1) is 5.69 Å². The van der Waals surface area contributed by atoms with Crippen molar-refractivity contribution in [3.05, 3.63) is 34.0 Å². The number of nitrogens with zero attached hydrogens (tertiary/aromatic N) is 3. The van der Waals surface area contributed by atoms with Gasteiger partial charge in [-0.2, -0.15) is 5.10 Å². The molecular weight excluding hydrogens is 222 g/mol. The maximum atomic E-state index is 10.2. The summed E-state index contributed by atoms with van der Waals surface area (Å²) in [4.78, 5) is 4.30. The molecule has 2 aromatic rings. The standard InChI is InChI=1S/C11H15N3OS/c1-3-6-14-9(4-5-12-14)10(15)11-13-8(2)7-16-11/h4-5,7,10,15H,3,6H2,1-2H3. The molecule has 1 N–H and O–H groups in total. The summed E-state index contributed by atoms with van der Waals surface area (Å²) < 4.78 is 1.83. The number of thiazole rings is 1. The molecule has 0 fully saturated rings. The topological polar surface area (TPSA) is 50.9 Å². The van der Waals surface area contributed by atoms with E-state index in [-0.39, 0.29) is 0 Å². The molecular formula is C11H15N3OS. The molecule has 0 bridgehead atoms. The average molecular weight is 237 g/mol. The zero-order valence-corrected chi connectivity index (χ0v) is 10.2. The minimum atomic E-state index is -0.659. The van der Waals surface area contributed by atoms with Crippen molar-refractivity contribution in [2.75, 3.05) is 0 Å². The first-order valence-electron chi connectivity index (χ1n) is 5.34. The summed E-state index contributed by atoms with van der Waals surface area (Å²) in [6, 6.07) is 1.84. The van der Waals surface area contributed by atoms with Gasteiger partial charge in [-0.05, 0) is 19.4 Å². The summed E-state index contributed by atoms with van der Waals surface area (Å²) in [6.45, 7) is 4.84. The maximum absolute atomic E-state index is 10.2. The van der Waals surface area contributed by atoms with Crippen molar-refractivity contribution in [1.29, 1.82) is 0 Å². The average Bonchev–Trinajstić information content (AvgIpc) is 2.87. The Morgan fingerprint density at radius 3 is 3.00 bits per heavy atom. The second kappa shape index (κ2) is 4.76. The largest absolute Gasteiger partial charge is 0.380 e. The molecule has 0 radical (unpaired) electrons. The van der Waals surface area contributed by atoms with E-state index in [9.17, 15) is 5.11 Å². The first kappa shape index (κ1) is 11.3. The number of hydrogen-bond acceptors (Lipinski definition) is 4. The van der Waals surface area contributed by atoms with Gasteiger partial charge in [0, 0.05) is 23.8 Å². The minimum absolute atomic E-state index is 0.659. The van der Waals surface area contributed by atoms with Crippen molar-refractivity contribution in [3.8, 4) is 0 Å². The normalized spacial score (nSPS) is 12.9. The van der Waals surface area contributed by atoms with Gasteiger partial charge in [-0.3, -0.25) is 4.68 Å². The van der Waals surface area contributed by atoms with E-state index in [0.717, 1.165) is 29.4 Å². The zero-order chi connectivity index (χ0) is 11.5. The van der Waals surface area contributed by atoms with Gasteiger partial charge in [-0.25, -0.2) is 4.98 Å². The van der Waals surface area contributed by atoms with E-state index in [1.165, 1.54) is 11.3 Å². The second-order valence-corrected chi connectivity index (χ2v) is 4.60. The molecule has 0 aliphatic heterocycles. The van der Waals surface area contributed by atoms with E-state index in [2.05, 4.69) is 17.0 Å². The maximum Gasteiger partial charge on any atom is 0.147 e. The van der Waals surface area contributed by atoms with Crippen LogP contribution in [-0.2, 0) is 6.54 Å². The fourth-order valence-corrected chi connectivity index (χ4v) is 2.39. The van der Waals surface area contributed by atoms with Crippen molar-refractivity contribution in [2.24, 2.45) is 0 Å². The van der Waals surface area contributed by atoms with Crippen molar-refractivity contribution in [1.82, 2.24) is 14.8 Å². The predicted octanol–water partition coefficient (Wildman–Crippen LogP) is 2.14. The number of rotatable bonds is 4. The Kier molecular flexibility index (Phi) is 3.36. The molecule has 0 saturated heterocycles. The van der Waals surface area contributed by atoms with Crippen LogP contribution < -0.4 is 0 Å². The van der Waals surface area contributed by atoms with Gasteiger partial charge in [0.1, 0.15) is 11.1 Å². The molecule has 1 atom stereocenters. The first-order chi connectivity index (χ1) is 7.72. The molecule has 0 aromatic carbocycles. The van der Waals surface area contributed by atoms with Gasteiger partial charge >= 0.3 is 0 Å². The highest BCUT2D eigenvalue weighted by molar-refractivity contribution is 7.09. The summed E-state index contributed by atoms with van der Waals surface area (Å²) in [5, 5.41) is 17.1. The molecule has 16 heavy (non-hydrogen) atoms. The van der Waals surface area contributed by atoms with Crippen LogP contribution in [0.2, 0.25) is 0 Å². The molecule has 0 aliphatic rings. The second-order valence-electron chi connectivity index (χ2n) is 3.71. The molecule has 5 heteroatoms. The fraction of sp³-hybridized carbons (Fsp3) is 0.455. The summed E-state index contributed by atoms with van der Waals surface area (Å²) in [5.41, 5.74) is 1.76. The van der Waals surface area contributed by atoms with Crippen LogP contribution in [0.25, 0.3) is 0 Å². The van der Waals surface area contributed by atoms with Gasteiger partial charge in [0.15, 0.2) is 0 Å². The fourth-order valence-electron chi connectivity index (χ4n) is 1.60. The van der Waals surface area contributed by atoms with Crippen LogP contribution in [0, 0.1) is 6.92 Å². The lowest BCUT2D eigenvalue weighted by molar-refractivity contribution is 0.206. The smallest absolute Gasteiger partial charge is 0.147 e. The lowest BCUT2D eigenvalue weighted by atomic mass is 10.2.